The smallest absolute Gasteiger partial charge is 0.137 e. The second kappa shape index (κ2) is 13.3. The molecule has 1 spiro atoms. The summed E-state index contributed by atoms with van der Waals surface area (Å²) < 4.78 is 8.99. The molecule has 1 atom stereocenters. The van der Waals surface area contributed by atoms with Gasteiger partial charge in [-0.2, -0.15) is 0 Å². The van der Waals surface area contributed by atoms with Gasteiger partial charge in [0.1, 0.15) is 19.2 Å². The van der Waals surface area contributed by atoms with Gasteiger partial charge >= 0.3 is 0 Å². The van der Waals surface area contributed by atoms with E-state index in [4.69, 9.17) is 4.42 Å². The van der Waals surface area contributed by atoms with E-state index >= 15 is 0 Å². The van der Waals surface area contributed by atoms with Gasteiger partial charge in [0.25, 0.3) is 0 Å². The summed E-state index contributed by atoms with van der Waals surface area (Å²) in [6, 6.07) is 81.4. The van der Waals surface area contributed by atoms with Crippen LogP contribution < -0.4 is 15.3 Å². The molecule has 4 heteroatoms. The Kier molecular flexibility index (Phi) is 7.48. The Bertz CT molecular complexity index is 3950. The number of hydrogen-bond acceptors (Lipinski definition) is 2. The van der Waals surface area contributed by atoms with E-state index in [9.17, 15) is 0 Å². The van der Waals surface area contributed by atoms with Crippen molar-refractivity contribution < 1.29 is 4.42 Å². The highest BCUT2D eigenvalue weighted by molar-refractivity contribution is 7.01. The first-order chi connectivity index (χ1) is 32.0. The van der Waals surface area contributed by atoms with Gasteiger partial charge in [-0.3, -0.25) is 0 Å². The van der Waals surface area contributed by atoms with Crippen molar-refractivity contribution in [3.05, 3.63) is 241 Å². The molecule has 12 aromatic rings. The van der Waals surface area contributed by atoms with Crippen LogP contribution >= 0.6 is 0 Å². The van der Waals surface area contributed by atoms with Gasteiger partial charge in [0.15, 0.2) is 0 Å². The standard InChI is InChI=1S/C61H42N2OSi/c1-65(2)58-29-13-10-25-51(58)61(50-24-9-6-20-44(50)48-23-14-16-39-17-15-26-53(61)60(39)48)52-34-31-43(38-59(52)65)62(42-30-33-47-46-22-8-12-28-56(46)64-57(47)37-42)41-32-35-55-49(36-41)45-21-7-11-27-54(45)63(55)40-18-4-3-5-19-40/h3-38H,1-2H3. The molecular weight excluding hydrogens is 805 g/mol. The molecule has 3 heterocycles. The highest BCUT2D eigenvalue weighted by Gasteiger charge is 2.52. The molecular formula is C61H42N2OSi. The zero-order chi connectivity index (χ0) is 43.0. The highest BCUT2D eigenvalue weighted by Crippen LogP contribution is 2.56. The summed E-state index contributed by atoms with van der Waals surface area (Å²) in [5, 5.41) is 10.3. The molecule has 2 aliphatic rings. The Balaban J connectivity index is 1.06. The summed E-state index contributed by atoms with van der Waals surface area (Å²) in [6.07, 6.45) is 0. The van der Waals surface area contributed by atoms with Crippen molar-refractivity contribution in [1.29, 1.82) is 0 Å². The van der Waals surface area contributed by atoms with Crippen molar-refractivity contribution >= 4 is 90.0 Å². The molecule has 10 aromatic carbocycles. The highest BCUT2D eigenvalue weighted by atomic mass is 28.3. The van der Waals surface area contributed by atoms with Crippen LogP contribution in [0.5, 0.6) is 0 Å². The summed E-state index contributed by atoms with van der Waals surface area (Å²) >= 11 is 0. The first-order valence-corrected chi connectivity index (χ1v) is 25.7. The van der Waals surface area contributed by atoms with Gasteiger partial charge in [-0.15, -0.1) is 0 Å². The lowest BCUT2D eigenvalue weighted by Crippen LogP contribution is -2.63. The Labute approximate surface area is 378 Å². The molecule has 306 valence electrons. The van der Waals surface area contributed by atoms with E-state index in [-0.39, 0.29) is 0 Å². The largest absolute Gasteiger partial charge is 0.456 e. The summed E-state index contributed by atoms with van der Waals surface area (Å²) in [5.41, 5.74) is 16.2. The molecule has 65 heavy (non-hydrogen) atoms. The molecule has 2 aromatic heterocycles. The van der Waals surface area contributed by atoms with Crippen molar-refractivity contribution in [3.8, 4) is 16.8 Å². The molecule has 0 N–H and O–H groups in total. The lowest BCUT2D eigenvalue weighted by Gasteiger charge is -2.50. The molecule has 1 aliphatic heterocycles. The summed E-state index contributed by atoms with van der Waals surface area (Å²) in [4.78, 5) is 2.46. The number of anilines is 3. The number of aromatic nitrogens is 1. The van der Waals surface area contributed by atoms with Gasteiger partial charge in [-0.05, 0) is 121 Å². The zero-order valence-electron chi connectivity index (χ0n) is 36.1. The first-order valence-electron chi connectivity index (χ1n) is 22.7. The minimum absolute atomic E-state index is 0.506. The Morgan fingerprint density at radius 2 is 1.03 bits per heavy atom. The molecule has 1 unspecified atom stereocenters. The number of benzene rings is 10. The van der Waals surface area contributed by atoms with Crippen molar-refractivity contribution in [3.63, 3.8) is 0 Å². The van der Waals surface area contributed by atoms with Gasteiger partial charge in [-0.1, -0.05) is 159 Å². The lowest BCUT2D eigenvalue weighted by molar-refractivity contribution is 0.669. The third kappa shape index (κ3) is 4.89. The van der Waals surface area contributed by atoms with Gasteiger partial charge in [0, 0.05) is 50.4 Å². The van der Waals surface area contributed by atoms with E-state index in [1.165, 1.54) is 76.3 Å². The predicted molar refractivity (Wildman–Crippen MR) is 274 cm³/mol. The Hall–Kier alpha value is -7.92. The maximum absolute atomic E-state index is 6.60. The average molecular weight is 847 g/mol. The molecule has 1 aliphatic carbocycles. The van der Waals surface area contributed by atoms with Crippen molar-refractivity contribution in [2.75, 3.05) is 4.90 Å². The van der Waals surface area contributed by atoms with Crippen LogP contribution in [-0.2, 0) is 5.41 Å². The minimum atomic E-state index is -2.35. The summed E-state index contributed by atoms with van der Waals surface area (Å²) in [7, 11) is -2.35. The molecule has 0 amide bonds. The maximum atomic E-state index is 6.60. The lowest BCUT2D eigenvalue weighted by atomic mass is 9.59. The van der Waals surface area contributed by atoms with E-state index in [2.05, 4.69) is 235 Å². The molecule has 0 radical (unpaired) electrons. The van der Waals surface area contributed by atoms with Gasteiger partial charge < -0.3 is 13.9 Å². The van der Waals surface area contributed by atoms with E-state index in [0.717, 1.165) is 44.7 Å². The predicted octanol–water partition coefficient (Wildman–Crippen LogP) is 14.8. The minimum Gasteiger partial charge on any atom is -0.456 e. The summed E-state index contributed by atoms with van der Waals surface area (Å²) in [6.45, 7) is 5.11. The third-order valence-electron chi connectivity index (χ3n) is 14.8. The molecule has 14 rings (SSSR count). The van der Waals surface area contributed by atoms with Crippen LogP contribution in [0.3, 0.4) is 0 Å². The number of fused-ring (bicyclic) bond motifs is 14. The average Bonchev–Trinajstić information content (AvgIpc) is 3.90. The van der Waals surface area contributed by atoms with Crippen LogP contribution in [0.15, 0.2) is 223 Å². The fourth-order valence-electron chi connectivity index (χ4n) is 12.1. The topological polar surface area (TPSA) is 21.3 Å². The van der Waals surface area contributed by atoms with Gasteiger partial charge in [0.05, 0.1) is 16.4 Å². The maximum Gasteiger partial charge on any atom is 0.137 e. The fraction of sp³-hybridized carbons (Fsp3) is 0.0492. The summed E-state index contributed by atoms with van der Waals surface area (Å²) in [5.74, 6) is 0. The monoisotopic (exact) mass is 846 g/mol. The van der Waals surface area contributed by atoms with E-state index in [1.54, 1.807) is 0 Å². The van der Waals surface area contributed by atoms with Gasteiger partial charge in [0.2, 0.25) is 0 Å². The number of rotatable bonds is 4. The van der Waals surface area contributed by atoms with Gasteiger partial charge in [-0.25, -0.2) is 0 Å². The van der Waals surface area contributed by atoms with Crippen LogP contribution in [0.4, 0.5) is 17.1 Å². The fourth-order valence-corrected chi connectivity index (χ4v) is 15.3. The molecule has 0 fully saturated rings. The first kappa shape index (κ1) is 36.5. The van der Waals surface area contributed by atoms with E-state index in [1.807, 2.05) is 6.07 Å². The van der Waals surface area contributed by atoms with Crippen molar-refractivity contribution in [1.82, 2.24) is 4.57 Å². The van der Waals surface area contributed by atoms with Crippen LogP contribution in [-0.4, -0.2) is 12.6 Å². The second-order valence-corrected chi connectivity index (χ2v) is 22.7. The number of nitrogens with zero attached hydrogens (tertiary/aromatic N) is 2. The molecule has 0 saturated heterocycles. The molecule has 0 saturated carbocycles. The van der Waals surface area contributed by atoms with Crippen LogP contribution in [0.2, 0.25) is 13.1 Å². The van der Waals surface area contributed by atoms with Crippen molar-refractivity contribution in [2.45, 2.75) is 18.5 Å². The second-order valence-electron chi connectivity index (χ2n) is 18.4. The molecule has 0 bridgehead atoms. The van der Waals surface area contributed by atoms with Crippen molar-refractivity contribution in [2.24, 2.45) is 0 Å². The van der Waals surface area contributed by atoms with Crippen LogP contribution in [0.25, 0.3) is 71.3 Å². The number of hydrogen-bond donors (Lipinski definition) is 0. The third-order valence-corrected chi connectivity index (χ3v) is 18.4. The zero-order valence-corrected chi connectivity index (χ0v) is 37.1. The SMILES string of the molecule is C[Si]1(C)c2ccccc2C2(c3ccccc3-c3cccc4cccc2c34)c2ccc(N(c3ccc4c(c3)oc3ccccc34)c3ccc4c(c3)c3ccccc3n4-c3ccccc3)cc21. The number of para-hydroxylation sites is 3. The van der Waals surface area contributed by atoms with E-state index in [0.29, 0.717) is 0 Å². The number of furan rings is 1. The van der Waals surface area contributed by atoms with Crippen LogP contribution in [0.1, 0.15) is 22.3 Å². The normalized spacial score (nSPS) is 15.7. The quantitative estimate of drug-likeness (QED) is 0.165. The van der Waals surface area contributed by atoms with Crippen LogP contribution in [0, 0.1) is 0 Å². The van der Waals surface area contributed by atoms with E-state index < -0.39 is 13.5 Å². The molecule has 3 nitrogen and oxygen atoms in total. The Morgan fingerprint density at radius 3 is 1.92 bits per heavy atom. The Morgan fingerprint density at radius 1 is 0.415 bits per heavy atom.